The summed E-state index contributed by atoms with van der Waals surface area (Å²) in [7, 11) is -0.985. The van der Waals surface area contributed by atoms with E-state index in [0.29, 0.717) is 29.8 Å². The zero-order valence-corrected chi connectivity index (χ0v) is 15.2. The van der Waals surface area contributed by atoms with Gasteiger partial charge in [-0.3, -0.25) is 4.57 Å². The molecule has 0 spiro atoms. The van der Waals surface area contributed by atoms with Crippen LogP contribution in [0.25, 0.3) is 11.2 Å². The summed E-state index contributed by atoms with van der Waals surface area (Å²) in [5.41, 5.74) is 7.61. The lowest BCUT2D eigenvalue weighted by molar-refractivity contribution is 0.633. The molecule has 2 heterocycles. The zero-order valence-electron chi connectivity index (χ0n) is 14.3. The van der Waals surface area contributed by atoms with Crippen LogP contribution in [0.3, 0.4) is 0 Å². The van der Waals surface area contributed by atoms with E-state index < -0.39 is 8.15 Å². The third-order valence-electron chi connectivity index (χ3n) is 3.58. The second-order valence-corrected chi connectivity index (χ2v) is 7.50. The Kier molecular flexibility index (Phi) is 6.34. The van der Waals surface area contributed by atoms with Gasteiger partial charge in [0.05, 0.1) is 0 Å². The van der Waals surface area contributed by atoms with Gasteiger partial charge in [0.15, 0.2) is 11.5 Å². The molecule has 24 heavy (non-hydrogen) atoms. The van der Waals surface area contributed by atoms with E-state index >= 15 is 0 Å². The Balaban J connectivity index is 2.33. The molecule has 0 saturated carbocycles. The summed E-state index contributed by atoms with van der Waals surface area (Å²) in [5.74, 6) is 0.680. The minimum Gasteiger partial charge on any atom is -0.382 e. The van der Waals surface area contributed by atoms with Gasteiger partial charge in [-0.05, 0) is 20.0 Å². The Morgan fingerprint density at radius 3 is 2.92 bits per heavy atom. The second kappa shape index (κ2) is 8.26. The fraction of sp³-hybridized carbons (Fsp3) is 0.533. The van der Waals surface area contributed by atoms with Gasteiger partial charge in [0, 0.05) is 27.4 Å². The van der Waals surface area contributed by atoms with E-state index in [1.807, 2.05) is 13.0 Å². The Morgan fingerprint density at radius 2 is 2.25 bits per heavy atom. The van der Waals surface area contributed by atoms with Crippen LogP contribution in [0.4, 0.5) is 11.8 Å². The van der Waals surface area contributed by atoms with Crippen LogP contribution >= 0.6 is 8.15 Å². The smallest absolute Gasteiger partial charge is 0.328 e. The number of nitrogens with zero attached hydrogens (tertiary/aromatic N) is 3. The molecule has 2 aromatic rings. The lowest BCUT2D eigenvalue weighted by Gasteiger charge is -2.08. The van der Waals surface area contributed by atoms with Crippen molar-refractivity contribution in [3.63, 3.8) is 0 Å². The number of hydrogen-bond donors (Lipinski definition) is 4. The highest BCUT2D eigenvalue weighted by Crippen LogP contribution is 2.24. The minimum atomic E-state index is -0.985. The van der Waals surface area contributed by atoms with Crippen LogP contribution in [-0.4, -0.2) is 43.8 Å². The molecule has 0 bridgehead atoms. The number of rotatable bonds is 8. The van der Waals surface area contributed by atoms with Gasteiger partial charge in [-0.25, -0.2) is 4.79 Å². The fourth-order valence-corrected chi connectivity index (χ4v) is 2.83. The van der Waals surface area contributed by atoms with Gasteiger partial charge in [0.25, 0.3) is 0 Å². The van der Waals surface area contributed by atoms with Gasteiger partial charge >= 0.3 is 5.69 Å². The number of unbranched alkanes of at least 4 members (excludes halogenated alkanes) is 1. The molecule has 2 aromatic heterocycles. The number of fused-ring (bicyclic) bond motifs is 1. The lowest BCUT2D eigenvalue weighted by Crippen LogP contribution is -2.18. The molecule has 0 aliphatic carbocycles. The lowest BCUT2D eigenvalue weighted by atomic mass is 10.3. The predicted octanol–water partition coefficient (Wildman–Crippen LogP) is 1.88. The number of aromatic amines is 1. The van der Waals surface area contributed by atoms with Gasteiger partial charge < -0.3 is 20.9 Å². The molecule has 0 fully saturated rings. The van der Waals surface area contributed by atoms with Crippen LogP contribution in [0.5, 0.6) is 0 Å². The molecule has 1 unspecified atom stereocenters. The number of nitrogen functional groups attached to an aromatic ring is 1. The van der Waals surface area contributed by atoms with Crippen LogP contribution in [-0.2, 0) is 6.54 Å². The Labute approximate surface area is 142 Å². The van der Waals surface area contributed by atoms with Gasteiger partial charge in [0.1, 0.15) is 5.52 Å². The van der Waals surface area contributed by atoms with Crippen molar-refractivity contribution >= 4 is 31.1 Å². The number of nitrogens with two attached hydrogens (primary N) is 1. The standard InChI is InChI=1S/C15H25N6O2P/c1-4-5-7-17-14-19-12(16)11-13(20-14)21(15(22)18-11)9-10(2)6-8-24(3)23/h6,23H,4-5,7-9H2,1-3H3,(H,18,22)(H3,16,17,19,20)/b10-6+. The second-order valence-electron chi connectivity index (χ2n) is 5.82. The van der Waals surface area contributed by atoms with E-state index in [9.17, 15) is 9.69 Å². The van der Waals surface area contributed by atoms with Crippen molar-refractivity contribution in [2.24, 2.45) is 0 Å². The summed E-state index contributed by atoms with van der Waals surface area (Å²) in [6.45, 7) is 6.97. The first-order valence-corrected chi connectivity index (χ1v) is 9.90. The summed E-state index contributed by atoms with van der Waals surface area (Å²) < 4.78 is 1.54. The van der Waals surface area contributed by atoms with Crippen molar-refractivity contribution in [1.29, 1.82) is 0 Å². The largest absolute Gasteiger partial charge is 0.382 e. The van der Waals surface area contributed by atoms with Gasteiger partial charge in [-0.15, -0.1) is 0 Å². The third kappa shape index (κ3) is 4.55. The van der Waals surface area contributed by atoms with Crippen molar-refractivity contribution in [2.75, 3.05) is 30.4 Å². The minimum absolute atomic E-state index is 0.254. The normalized spacial score (nSPS) is 13.4. The van der Waals surface area contributed by atoms with Gasteiger partial charge in [0.2, 0.25) is 5.95 Å². The van der Waals surface area contributed by atoms with Gasteiger partial charge in [-0.1, -0.05) is 25.0 Å². The predicted molar refractivity (Wildman–Crippen MR) is 99.6 cm³/mol. The molecule has 0 aliphatic rings. The average molecular weight is 352 g/mol. The van der Waals surface area contributed by atoms with Crippen molar-refractivity contribution in [1.82, 2.24) is 19.5 Å². The first-order chi connectivity index (χ1) is 11.4. The monoisotopic (exact) mass is 352 g/mol. The van der Waals surface area contributed by atoms with E-state index in [2.05, 4.69) is 27.2 Å². The van der Waals surface area contributed by atoms with Crippen molar-refractivity contribution in [2.45, 2.75) is 33.2 Å². The summed E-state index contributed by atoms with van der Waals surface area (Å²) in [6.07, 6.45) is 4.62. The molecular formula is C15H25N6O2P. The van der Waals surface area contributed by atoms with E-state index in [0.717, 1.165) is 25.0 Å². The molecular weight excluding hydrogens is 327 g/mol. The fourth-order valence-electron chi connectivity index (χ4n) is 2.26. The maximum absolute atomic E-state index is 12.2. The third-order valence-corrected chi connectivity index (χ3v) is 4.29. The van der Waals surface area contributed by atoms with Crippen LogP contribution in [0, 0.1) is 0 Å². The first-order valence-electron chi connectivity index (χ1n) is 7.98. The summed E-state index contributed by atoms with van der Waals surface area (Å²) in [6, 6.07) is 0. The topological polar surface area (TPSA) is 122 Å². The summed E-state index contributed by atoms with van der Waals surface area (Å²) in [4.78, 5) is 33.0. The van der Waals surface area contributed by atoms with Crippen LogP contribution in [0.15, 0.2) is 16.4 Å². The molecule has 0 radical (unpaired) electrons. The molecule has 132 valence electrons. The molecule has 0 aliphatic heterocycles. The maximum atomic E-state index is 12.2. The van der Waals surface area contributed by atoms with Crippen LogP contribution in [0.2, 0.25) is 0 Å². The number of imidazole rings is 1. The molecule has 0 saturated heterocycles. The number of nitrogens with one attached hydrogen (secondary N) is 2. The average Bonchev–Trinajstić information content (AvgIpc) is 2.83. The maximum Gasteiger partial charge on any atom is 0.328 e. The van der Waals surface area contributed by atoms with E-state index in [1.165, 1.54) is 0 Å². The Morgan fingerprint density at radius 1 is 1.50 bits per heavy atom. The van der Waals surface area contributed by atoms with Crippen molar-refractivity contribution in [3.05, 3.63) is 22.1 Å². The number of aromatic nitrogens is 4. The van der Waals surface area contributed by atoms with Gasteiger partial charge in [-0.2, -0.15) is 9.97 Å². The summed E-state index contributed by atoms with van der Waals surface area (Å²) in [5, 5.41) is 3.13. The van der Waals surface area contributed by atoms with E-state index in [-0.39, 0.29) is 11.5 Å². The molecule has 0 amide bonds. The Hall–Kier alpha value is -1.92. The first kappa shape index (κ1) is 18.4. The van der Waals surface area contributed by atoms with E-state index in [1.54, 1.807) is 11.2 Å². The van der Waals surface area contributed by atoms with Crippen LogP contribution < -0.4 is 16.7 Å². The highest BCUT2D eigenvalue weighted by Gasteiger charge is 2.14. The number of H-pyrrole nitrogens is 1. The number of hydrogen-bond acceptors (Lipinski definition) is 6. The SMILES string of the molecule is CCCCNc1nc(N)c2[nH]c(=O)n(C/C(C)=C/CP(C)O)c2n1. The molecule has 9 heteroatoms. The zero-order chi connectivity index (χ0) is 17.7. The number of anilines is 2. The Bertz CT molecular complexity index is 780. The van der Waals surface area contributed by atoms with Crippen molar-refractivity contribution in [3.8, 4) is 0 Å². The van der Waals surface area contributed by atoms with Crippen LogP contribution in [0.1, 0.15) is 26.7 Å². The molecule has 1 atom stereocenters. The molecule has 5 N–H and O–H groups in total. The van der Waals surface area contributed by atoms with Crippen molar-refractivity contribution < 1.29 is 4.89 Å². The van der Waals surface area contributed by atoms with E-state index in [4.69, 9.17) is 5.73 Å². The summed E-state index contributed by atoms with van der Waals surface area (Å²) >= 11 is 0. The number of allylic oxidation sites excluding steroid dienone is 2. The molecule has 8 nitrogen and oxygen atoms in total. The molecule has 2 rings (SSSR count). The quantitative estimate of drug-likeness (QED) is 0.327. The highest BCUT2D eigenvalue weighted by molar-refractivity contribution is 7.50. The highest BCUT2D eigenvalue weighted by atomic mass is 31.1. The molecule has 0 aromatic carbocycles.